The number of benzene rings is 2. The van der Waals surface area contributed by atoms with E-state index in [1.54, 1.807) is 24.1 Å². The lowest BCUT2D eigenvalue weighted by Crippen LogP contribution is -2.36. The molecule has 136 valence electrons. The van der Waals surface area contributed by atoms with Crippen LogP contribution in [-0.4, -0.2) is 25.5 Å². The van der Waals surface area contributed by atoms with Crippen LogP contribution in [-0.2, 0) is 9.53 Å². The summed E-state index contributed by atoms with van der Waals surface area (Å²) < 4.78 is 24.5. The third-order valence-electron chi connectivity index (χ3n) is 4.27. The summed E-state index contributed by atoms with van der Waals surface area (Å²) in [6.07, 6.45) is -0.0181. The lowest BCUT2D eigenvalue weighted by atomic mass is 9.97. The molecule has 7 heteroatoms. The first kappa shape index (κ1) is 18.2. The molecular weight excluding hydrogens is 359 g/mol. The number of hydrogen-bond donors (Lipinski definition) is 0. The number of carbonyl (C=O) groups is 1. The van der Waals surface area contributed by atoms with Gasteiger partial charge in [-0.05, 0) is 42.3 Å². The first-order chi connectivity index (χ1) is 12.5. The van der Waals surface area contributed by atoms with Crippen molar-refractivity contribution in [3.8, 4) is 5.75 Å². The van der Waals surface area contributed by atoms with Gasteiger partial charge in [0.15, 0.2) is 0 Å². The Morgan fingerprint density at radius 1 is 1.31 bits per heavy atom. The van der Waals surface area contributed by atoms with Crippen molar-refractivity contribution in [2.45, 2.75) is 19.4 Å². The number of aliphatic imine (C=N–C) groups is 1. The molecule has 0 aromatic heterocycles. The van der Waals surface area contributed by atoms with E-state index in [4.69, 9.17) is 21.1 Å². The molecule has 0 radical (unpaired) electrons. The molecule has 3 rings (SSSR count). The molecule has 0 fully saturated rings. The maximum Gasteiger partial charge on any atom is 0.307 e. The standard InChI is InChI=1S/C19H18ClFN2O3/c1-11-7-8-16(25-2)15(9-11)23-14(10-17(24)26-3)12-5-4-6-13(21)18(12)22-19(23)20/h4-9,14H,10H2,1-3H3. The molecule has 0 N–H and O–H groups in total. The summed E-state index contributed by atoms with van der Waals surface area (Å²) in [5.41, 5.74) is 2.31. The molecule has 0 aliphatic carbocycles. The van der Waals surface area contributed by atoms with Gasteiger partial charge in [0.2, 0.25) is 5.29 Å². The molecule has 26 heavy (non-hydrogen) atoms. The second kappa shape index (κ2) is 7.33. The average Bonchev–Trinajstić information content (AvgIpc) is 2.62. The summed E-state index contributed by atoms with van der Waals surface area (Å²) in [5, 5.41) is 0.0559. The van der Waals surface area contributed by atoms with Crippen LogP contribution in [0.25, 0.3) is 0 Å². The minimum atomic E-state index is -0.575. The SMILES string of the molecule is COC(=O)CC1c2cccc(F)c2N=C(Cl)N1c1cc(C)ccc1OC. The number of anilines is 1. The molecule has 2 aromatic carbocycles. The van der Waals surface area contributed by atoms with Crippen LogP contribution in [0.3, 0.4) is 0 Å². The van der Waals surface area contributed by atoms with Gasteiger partial charge in [-0.3, -0.25) is 4.79 Å². The Balaban J connectivity index is 2.20. The van der Waals surface area contributed by atoms with Crippen molar-refractivity contribution in [2.75, 3.05) is 19.1 Å². The van der Waals surface area contributed by atoms with Crippen LogP contribution >= 0.6 is 11.6 Å². The number of nitrogens with zero attached hydrogens (tertiary/aromatic N) is 2. The van der Waals surface area contributed by atoms with Gasteiger partial charge in [0.1, 0.15) is 17.3 Å². The van der Waals surface area contributed by atoms with Gasteiger partial charge < -0.3 is 14.4 Å². The topological polar surface area (TPSA) is 51.1 Å². The van der Waals surface area contributed by atoms with Gasteiger partial charge in [-0.15, -0.1) is 0 Å². The van der Waals surface area contributed by atoms with Crippen LogP contribution in [0.2, 0.25) is 0 Å². The number of aryl methyl sites for hydroxylation is 1. The fraction of sp³-hybridized carbons (Fsp3) is 0.263. The zero-order valence-electron chi connectivity index (χ0n) is 14.6. The van der Waals surface area contributed by atoms with Gasteiger partial charge in [-0.1, -0.05) is 18.2 Å². The first-order valence-electron chi connectivity index (χ1n) is 7.99. The smallest absolute Gasteiger partial charge is 0.307 e. The Labute approximate surface area is 156 Å². The molecule has 1 unspecified atom stereocenters. The molecule has 1 heterocycles. The van der Waals surface area contributed by atoms with Crippen molar-refractivity contribution in [2.24, 2.45) is 4.99 Å². The lowest BCUT2D eigenvalue weighted by molar-refractivity contribution is -0.141. The number of ether oxygens (including phenoxy) is 2. The molecule has 0 saturated heterocycles. The predicted octanol–water partition coefficient (Wildman–Crippen LogP) is 4.49. The highest BCUT2D eigenvalue weighted by molar-refractivity contribution is 6.68. The summed E-state index contributed by atoms with van der Waals surface area (Å²) in [6.45, 7) is 1.93. The van der Waals surface area contributed by atoms with Crippen molar-refractivity contribution < 1.29 is 18.7 Å². The molecule has 1 aliphatic heterocycles. The number of fused-ring (bicyclic) bond motifs is 1. The normalized spacial score (nSPS) is 16.0. The Bertz CT molecular complexity index is 885. The molecule has 0 spiro atoms. The largest absolute Gasteiger partial charge is 0.495 e. The number of carbonyl (C=O) groups excluding carboxylic acids is 1. The average molecular weight is 377 g/mol. The van der Waals surface area contributed by atoms with Crippen molar-refractivity contribution in [3.05, 3.63) is 53.3 Å². The molecule has 1 aliphatic rings. The van der Waals surface area contributed by atoms with Crippen molar-refractivity contribution >= 4 is 34.2 Å². The molecule has 5 nitrogen and oxygen atoms in total. The van der Waals surface area contributed by atoms with E-state index in [1.165, 1.54) is 13.2 Å². The van der Waals surface area contributed by atoms with Crippen LogP contribution in [0, 0.1) is 12.7 Å². The maximum atomic E-state index is 14.3. The highest BCUT2D eigenvalue weighted by Crippen LogP contribution is 2.44. The highest BCUT2D eigenvalue weighted by Gasteiger charge is 2.35. The van der Waals surface area contributed by atoms with Crippen LogP contribution in [0.15, 0.2) is 41.4 Å². The van der Waals surface area contributed by atoms with Crippen LogP contribution < -0.4 is 9.64 Å². The summed E-state index contributed by atoms with van der Waals surface area (Å²) >= 11 is 6.42. The second-order valence-electron chi connectivity index (χ2n) is 5.90. The van der Waals surface area contributed by atoms with Crippen LogP contribution in [0.5, 0.6) is 5.75 Å². The van der Waals surface area contributed by atoms with Gasteiger partial charge in [0.25, 0.3) is 0 Å². The number of rotatable bonds is 4. The van der Waals surface area contributed by atoms with Crippen molar-refractivity contribution in [1.29, 1.82) is 0 Å². The third-order valence-corrected chi connectivity index (χ3v) is 4.54. The van der Waals surface area contributed by atoms with Gasteiger partial charge >= 0.3 is 5.97 Å². The first-order valence-corrected chi connectivity index (χ1v) is 8.37. The van der Waals surface area contributed by atoms with E-state index in [9.17, 15) is 9.18 Å². The van der Waals surface area contributed by atoms with E-state index >= 15 is 0 Å². The highest BCUT2D eigenvalue weighted by atomic mass is 35.5. The molecule has 0 amide bonds. The lowest BCUT2D eigenvalue weighted by Gasteiger charge is -2.36. The molecular formula is C19H18ClFN2O3. The Morgan fingerprint density at radius 2 is 2.08 bits per heavy atom. The number of halogens is 2. The minimum absolute atomic E-state index is 0.0181. The van der Waals surface area contributed by atoms with E-state index < -0.39 is 17.8 Å². The fourth-order valence-electron chi connectivity index (χ4n) is 3.03. The van der Waals surface area contributed by atoms with Crippen LogP contribution in [0.1, 0.15) is 23.6 Å². The number of para-hydroxylation sites is 1. The number of hydrogen-bond acceptors (Lipinski definition) is 5. The van der Waals surface area contributed by atoms with E-state index in [-0.39, 0.29) is 17.4 Å². The Hall–Kier alpha value is -2.60. The summed E-state index contributed by atoms with van der Waals surface area (Å²) in [7, 11) is 2.86. The predicted molar refractivity (Wildman–Crippen MR) is 98.9 cm³/mol. The molecule has 1 atom stereocenters. The summed E-state index contributed by atoms with van der Waals surface area (Å²) in [6, 6.07) is 9.64. The maximum absolute atomic E-state index is 14.3. The zero-order chi connectivity index (χ0) is 18.8. The quantitative estimate of drug-likeness (QED) is 0.582. The molecule has 0 bridgehead atoms. The van der Waals surface area contributed by atoms with E-state index in [0.717, 1.165) is 5.56 Å². The minimum Gasteiger partial charge on any atom is -0.495 e. The number of amidine groups is 1. The number of esters is 1. The Kier molecular flexibility index (Phi) is 5.13. The van der Waals surface area contributed by atoms with Crippen molar-refractivity contribution in [3.63, 3.8) is 0 Å². The summed E-state index contributed by atoms with van der Waals surface area (Å²) in [5.74, 6) is -0.363. The van der Waals surface area contributed by atoms with E-state index in [1.807, 2.05) is 25.1 Å². The zero-order valence-corrected chi connectivity index (χ0v) is 15.4. The van der Waals surface area contributed by atoms with Gasteiger partial charge in [-0.25, -0.2) is 9.38 Å². The van der Waals surface area contributed by atoms with Crippen LogP contribution in [0.4, 0.5) is 15.8 Å². The van der Waals surface area contributed by atoms with Crippen molar-refractivity contribution in [1.82, 2.24) is 0 Å². The molecule has 2 aromatic rings. The van der Waals surface area contributed by atoms with Gasteiger partial charge in [0, 0.05) is 5.56 Å². The fourth-order valence-corrected chi connectivity index (χ4v) is 3.32. The van der Waals surface area contributed by atoms with Gasteiger partial charge in [0.05, 0.1) is 32.4 Å². The summed E-state index contributed by atoms with van der Waals surface area (Å²) in [4.78, 5) is 17.9. The Morgan fingerprint density at radius 3 is 2.77 bits per heavy atom. The van der Waals surface area contributed by atoms with E-state index in [2.05, 4.69) is 4.99 Å². The number of methoxy groups -OCH3 is 2. The van der Waals surface area contributed by atoms with E-state index in [0.29, 0.717) is 17.0 Å². The monoisotopic (exact) mass is 376 g/mol. The third kappa shape index (κ3) is 3.24. The second-order valence-corrected chi connectivity index (χ2v) is 6.24. The van der Waals surface area contributed by atoms with Gasteiger partial charge in [-0.2, -0.15) is 0 Å². The molecule has 0 saturated carbocycles.